The minimum absolute atomic E-state index is 0.770. The van der Waals surface area contributed by atoms with Gasteiger partial charge in [0.1, 0.15) is 8.07 Å². The van der Waals surface area contributed by atoms with Gasteiger partial charge in [-0.1, -0.05) is 159 Å². The molecule has 0 fully saturated rings. The van der Waals surface area contributed by atoms with E-state index in [9.17, 15) is 0 Å². The quantitative estimate of drug-likeness (QED) is 0.165. The molecule has 0 atom stereocenters. The first-order valence-electron chi connectivity index (χ1n) is 19.3. The zero-order chi connectivity index (χ0) is 37.4. The fourth-order valence-corrected chi connectivity index (χ4v) is 11.9. The summed E-state index contributed by atoms with van der Waals surface area (Å²) in [6, 6.07) is 68.0. The number of aromatic nitrogens is 3. The van der Waals surface area contributed by atoms with E-state index in [-0.39, 0.29) is 0 Å². The highest BCUT2D eigenvalue weighted by Crippen LogP contribution is 2.41. The molecule has 0 saturated carbocycles. The summed E-state index contributed by atoms with van der Waals surface area (Å²) in [6.45, 7) is 4.86. The maximum absolute atomic E-state index is 5.50. The summed E-state index contributed by atoms with van der Waals surface area (Å²) < 4.78 is 2.40. The van der Waals surface area contributed by atoms with Crippen LogP contribution in [0.15, 0.2) is 188 Å². The van der Waals surface area contributed by atoms with E-state index in [1.54, 1.807) is 0 Å². The highest BCUT2D eigenvalue weighted by Gasteiger charge is 2.41. The van der Waals surface area contributed by atoms with E-state index in [0.29, 0.717) is 0 Å². The van der Waals surface area contributed by atoms with Crippen molar-refractivity contribution >= 4 is 51.2 Å². The predicted octanol–water partition coefficient (Wildman–Crippen LogP) is 12.2. The van der Waals surface area contributed by atoms with Crippen molar-refractivity contribution in [3.63, 3.8) is 0 Å². The Labute approximate surface area is 327 Å². The van der Waals surface area contributed by atoms with Crippen LogP contribution < -0.4 is 10.5 Å². The van der Waals surface area contributed by atoms with Crippen LogP contribution in [0.2, 0.25) is 13.1 Å². The first-order chi connectivity index (χ1) is 27.5. The molecule has 10 aromatic rings. The number of hydrogen-bond acceptors (Lipinski definition) is 2. The van der Waals surface area contributed by atoms with Crippen LogP contribution in [-0.4, -0.2) is 22.6 Å². The molecule has 8 aromatic carbocycles. The molecule has 0 spiro atoms. The Morgan fingerprint density at radius 2 is 1.07 bits per heavy atom. The lowest BCUT2D eigenvalue weighted by molar-refractivity contribution is 1.18. The number of nitrogens with zero attached hydrogens (tertiary/aromatic N) is 3. The molecule has 11 rings (SSSR count). The van der Waals surface area contributed by atoms with E-state index in [4.69, 9.17) is 9.97 Å². The van der Waals surface area contributed by atoms with Crippen molar-refractivity contribution in [2.45, 2.75) is 13.1 Å². The summed E-state index contributed by atoms with van der Waals surface area (Å²) in [6.07, 6.45) is 0. The van der Waals surface area contributed by atoms with Crippen LogP contribution in [-0.2, 0) is 0 Å². The van der Waals surface area contributed by atoms with E-state index < -0.39 is 8.07 Å². The average molecular weight is 732 g/mol. The lowest BCUT2D eigenvalue weighted by Crippen LogP contribution is -2.50. The number of hydrogen-bond donors (Lipinski definition) is 0. The summed E-state index contributed by atoms with van der Waals surface area (Å²) >= 11 is 0. The van der Waals surface area contributed by atoms with E-state index in [2.05, 4.69) is 206 Å². The van der Waals surface area contributed by atoms with E-state index in [1.807, 2.05) is 0 Å². The zero-order valence-corrected chi connectivity index (χ0v) is 32.2. The second-order valence-corrected chi connectivity index (χ2v) is 19.7. The SMILES string of the molecule is C[Si]1(C)c2ccccc2-c2c(-c3cccc(-c4ccccc4)c3)nc(-c3cccc(-c4ccc5c(c4)c4c6ccccc6ccc4n5-c4ccccc4)c3)nc21. The van der Waals surface area contributed by atoms with Crippen molar-refractivity contribution in [3.05, 3.63) is 188 Å². The van der Waals surface area contributed by atoms with Crippen molar-refractivity contribution in [2.24, 2.45) is 0 Å². The molecule has 0 N–H and O–H groups in total. The summed E-state index contributed by atoms with van der Waals surface area (Å²) in [5, 5.41) is 7.65. The molecule has 0 radical (unpaired) electrons. The normalized spacial score (nSPS) is 13.0. The Bertz CT molecular complexity index is 3160. The maximum atomic E-state index is 5.50. The molecule has 3 nitrogen and oxygen atoms in total. The van der Waals surface area contributed by atoms with Crippen molar-refractivity contribution in [1.29, 1.82) is 0 Å². The maximum Gasteiger partial charge on any atom is 0.159 e. The molecule has 4 heteroatoms. The Balaban J connectivity index is 1.10. The van der Waals surface area contributed by atoms with Crippen molar-refractivity contribution in [2.75, 3.05) is 0 Å². The molecular weight excluding hydrogens is 695 g/mol. The van der Waals surface area contributed by atoms with Crippen LogP contribution in [0, 0.1) is 0 Å². The summed E-state index contributed by atoms with van der Waals surface area (Å²) in [5.74, 6) is 0.770. The molecule has 0 bridgehead atoms. The first-order valence-corrected chi connectivity index (χ1v) is 22.3. The molecule has 1 aliphatic rings. The van der Waals surface area contributed by atoms with Gasteiger partial charge in [0.05, 0.1) is 16.7 Å². The highest BCUT2D eigenvalue weighted by molar-refractivity contribution is 7.03. The summed E-state index contributed by atoms with van der Waals surface area (Å²) in [5.41, 5.74) is 13.8. The minimum Gasteiger partial charge on any atom is -0.309 e. The Morgan fingerprint density at radius 3 is 1.91 bits per heavy atom. The van der Waals surface area contributed by atoms with Crippen LogP contribution in [0.5, 0.6) is 0 Å². The van der Waals surface area contributed by atoms with Gasteiger partial charge in [0.25, 0.3) is 0 Å². The Kier molecular flexibility index (Phi) is 7.31. The van der Waals surface area contributed by atoms with Crippen LogP contribution in [0.1, 0.15) is 0 Å². The number of rotatable bonds is 5. The second kappa shape index (κ2) is 12.6. The first kappa shape index (κ1) is 32.5. The largest absolute Gasteiger partial charge is 0.309 e. The van der Waals surface area contributed by atoms with Gasteiger partial charge in [-0.05, 0) is 86.2 Å². The van der Waals surface area contributed by atoms with E-state index in [0.717, 1.165) is 33.9 Å². The van der Waals surface area contributed by atoms with Crippen LogP contribution in [0.4, 0.5) is 0 Å². The average Bonchev–Trinajstić information content (AvgIpc) is 3.72. The topological polar surface area (TPSA) is 30.7 Å². The Hall–Kier alpha value is -6.88. The lowest BCUT2D eigenvalue weighted by atomic mass is 9.96. The summed E-state index contributed by atoms with van der Waals surface area (Å²) in [4.78, 5) is 11.0. The number of para-hydroxylation sites is 1. The van der Waals surface area contributed by atoms with Gasteiger partial charge in [-0.3, -0.25) is 0 Å². The van der Waals surface area contributed by atoms with Gasteiger partial charge in [-0.15, -0.1) is 0 Å². The van der Waals surface area contributed by atoms with Crippen LogP contribution in [0.3, 0.4) is 0 Å². The van der Waals surface area contributed by atoms with Crippen LogP contribution in [0.25, 0.3) is 94.3 Å². The number of fused-ring (bicyclic) bond motifs is 8. The van der Waals surface area contributed by atoms with Gasteiger partial charge in [0.15, 0.2) is 5.82 Å². The van der Waals surface area contributed by atoms with E-state index >= 15 is 0 Å². The van der Waals surface area contributed by atoms with Gasteiger partial charge in [-0.2, -0.15) is 0 Å². The Morgan fingerprint density at radius 1 is 0.446 bits per heavy atom. The molecule has 0 unspecified atom stereocenters. The fraction of sp³-hybridized carbons (Fsp3) is 0.0385. The molecular formula is C52H37N3Si. The molecule has 264 valence electrons. The lowest BCUT2D eigenvalue weighted by Gasteiger charge is -2.19. The van der Waals surface area contributed by atoms with Gasteiger partial charge < -0.3 is 4.57 Å². The van der Waals surface area contributed by atoms with Gasteiger partial charge >= 0.3 is 0 Å². The molecule has 0 saturated heterocycles. The zero-order valence-electron chi connectivity index (χ0n) is 31.2. The van der Waals surface area contributed by atoms with Crippen molar-refractivity contribution in [3.8, 4) is 61.7 Å². The molecule has 56 heavy (non-hydrogen) atoms. The third kappa shape index (κ3) is 5.03. The van der Waals surface area contributed by atoms with Crippen LogP contribution >= 0.6 is 0 Å². The van der Waals surface area contributed by atoms with Crippen molar-refractivity contribution < 1.29 is 0 Å². The molecule has 3 heterocycles. The second-order valence-electron chi connectivity index (χ2n) is 15.4. The third-order valence-electron chi connectivity index (χ3n) is 11.7. The fourth-order valence-electron chi connectivity index (χ4n) is 9.02. The van der Waals surface area contributed by atoms with E-state index in [1.165, 1.54) is 70.9 Å². The monoisotopic (exact) mass is 731 g/mol. The molecule has 1 aliphatic heterocycles. The van der Waals surface area contributed by atoms with Gasteiger partial charge in [-0.25, -0.2) is 9.97 Å². The van der Waals surface area contributed by atoms with Gasteiger partial charge in [0.2, 0.25) is 0 Å². The standard InChI is InChI=1S/C52H37N3Si/c1-56(2)47-26-12-11-25-43(47)49-50(39-20-13-18-36(31-39)34-15-5-3-6-16-34)53-51(54-52(49)56)40-21-14-19-37(32-40)38-28-29-45-44(33-38)48-42-24-10-9-17-35(42)27-30-46(48)55(45)41-22-7-4-8-23-41/h3-33H,1-2H3. The van der Waals surface area contributed by atoms with Gasteiger partial charge in [0, 0.05) is 38.5 Å². The predicted molar refractivity (Wildman–Crippen MR) is 238 cm³/mol. The molecule has 0 amide bonds. The smallest absolute Gasteiger partial charge is 0.159 e. The molecule has 2 aromatic heterocycles. The highest BCUT2D eigenvalue weighted by atomic mass is 28.3. The number of benzene rings is 8. The third-order valence-corrected chi connectivity index (χ3v) is 15.1. The van der Waals surface area contributed by atoms with Crippen molar-refractivity contribution in [1.82, 2.24) is 14.5 Å². The molecule has 0 aliphatic carbocycles. The summed E-state index contributed by atoms with van der Waals surface area (Å²) in [7, 11) is -2.12. The minimum atomic E-state index is -2.12.